The molecule has 0 aliphatic rings. The van der Waals surface area contributed by atoms with Crippen LogP contribution in [0.5, 0.6) is 0 Å². The van der Waals surface area contributed by atoms with Gasteiger partial charge in [0.2, 0.25) is 0 Å². The number of hydrogen-bond acceptors (Lipinski definition) is 2. The summed E-state index contributed by atoms with van der Waals surface area (Å²) in [5.74, 6) is 1.56. The molecule has 0 fully saturated rings. The number of nitrogen functional groups attached to an aromatic ring is 1. The Labute approximate surface area is 120 Å². The summed E-state index contributed by atoms with van der Waals surface area (Å²) in [4.78, 5) is 1.17. The first kappa shape index (κ1) is 14.0. The van der Waals surface area contributed by atoms with Gasteiger partial charge in [-0.2, -0.15) is 0 Å². The average molecular weight is 271 g/mol. The van der Waals surface area contributed by atoms with E-state index in [2.05, 4.69) is 57.2 Å². The smallest absolute Gasteiger partial charge is 0.0452 e. The molecule has 2 heteroatoms. The quantitative estimate of drug-likeness (QED) is 0.626. The van der Waals surface area contributed by atoms with E-state index in [0.717, 1.165) is 11.4 Å². The van der Waals surface area contributed by atoms with E-state index in [9.17, 15) is 0 Å². The lowest BCUT2D eigenvalue weighted by atomic mass is 10.0. The summed E-state index contributed by atoms with van der Waals surface area (Å²) in [6, 6.07) is 15.1. The summed E-state index contributed by atoms with van der Waals surface area (Å²) < 4.78 is 0. The van der Waals surface area contributed by atoms with E-state index in [-0.39, 0.29) is 0 Å². The topological polar surface area (TPSA) is 26.0 Å². The van der Waals surface area contributed by atoms with Gasteiger partial charge >= 0.3 is 0 Å². The summed E-state index contributed by atoms with van der Waals surface area (Å²) in [6.07, 6.45) is 0. The van der Waals surface area contributed by atoms with Crippen LogP contribution in [-0.4, -0.2) is 0 Å². The maximum atomic E-state index is 6.00. The van der Waals surface area contributed by atoms with E-state index >= 15 is 0 Å². The summed E-state index contributed by atoms with van der Waals surface area (Å²) in [7, 11) is 0. The highest BCUT2D eigenvalue weighted by atomic mass is 32.2. The maximum absolute atomic E-state index is 6.00. The second-order valence-electron chi connectivity index (χ2n) is 5.23. The van der Waals surface area contributed by atoms with E-state index in [4.69, 9.17) is 5.73 Å². The Hall–Kier alpha value is -1.41. The van der Waals surface area contributed by atoms with Gasteiger partial charge in [0.05, 0.1) is 0 Å². The van der Waals surface area contributed by atoms with Crippen LogP contribution < -0.4 is 5.73 Å². The Morgan fingerprint density at radius 1 is 1.05 bits per heavy atom. The Morgan fingerprint density at radius 2 is 1.74 bits per heavy atom. The number of rotatable bonds is 4. The molecule has 2 N–H and O–H groups in total. The zero-order valence-corrected chi connectivity index (χ0v) is 12.6. The third-order valence-corrected chi connectivity index (χ3v) is 4.35. The lowest BCUT2D eigenvalue weighted by Crippen LogP contribution is -1.91. The summed E-state index contributed by atoms with van der Waals surface area (Å²) >= 11 is 1.80. The highest BCUT2D eigenvalue weighted by Crippen LogP contribution is 2.29. The number of benzene rings is 2. The molecular formula is C17H21NS. The van der Waals surface area contributed by atoms with Gasteiger partial charge in [-0.1, -0.05) is 44.2 Å². The third kappa shape index (κ3) is 3.77. The average Bonchev–Trinajstić information content (AvgIpc) is 2.40. The molecule has 1 nitrogen and oxygen atoms in total. The molecule has 0 radical (unpaired) electrons. The Morgan fingerprint density at radius 3 is 2.37 bits per heavy atom. The van der Waals surface area contributed by atoms with Gasteiger partial charge in [0.25, 0.3) is 0 Å². The zero-order valence-electron chi connectivity index (χ0n) is 11.8. The molecule has 0 spiro atoms. The van der Waals surface area contributed by atoms with Crippen molar-refractivity contribution in [2.75, 3.05) is 5.73 Å². The SMILES string of the molecule is Cc1ccc(N)c(SCc2ccc(C(C)C)cc2)c1. The van der Waals surface area contributed by atoms with Crippen LogP contribution in [0.4, 0.5) is 5.69 Å². The van der Waals surface area contributed by atoms with Gasteiger partial charge in [0.15, 0.2) is 0 Å². The van der Waals surface area contributed by atoms with E-state index in [1.54, 1.807) is 11.8 Å². The molecule has 2 rings (SSSR count). The fourth-order valence-electron chi connectivity index (χ4n) is 1.93. The molecule has 2 aromatic rings. The molecule has 0 aliphatic carbocycles. The fraction of sp³-hybridized carbons (Fsp3) is 0.294. The van der Waals surface area contributed by atoms with Crippen molar-refractivity contribution in [3.8, 4) is 0 Å². The van der Waals surface area contributed by atoms with Gasteiger partial charge < -0.3 is 5.73 Å². The number of hydrogen-bond donors (Lipinski definition) is 1. The summed E-state index contributed by atoms with van der Waals surface area (Å²) in [6.45, 7) is 6.54. The Kier molecular flexibility index (Phi) is 4.54. The van der Waals surface area contributed by atoms with Crippen molar-refractivity contribution in [2.45, 2.75) is 37.3 Å². The van der Waals surface area contributed by atoms with E-state index in [0.29, 0.717) is 5.92 Å². The Bertz CT molecular complexity index is 544. The van der Waals surface area contributed by atoms with Gasteiger partial charge in [0.1, 0.15) is 0 Å². The minimum Gasteiger partial charge on any atom is -0.398 e. The number of aryl methyl sites for hydroxylation is 1. The Balaban J connectivity index is 2.04. The largest absolute Gasteiger partial charge is 0.398 e. The summed E-state index contributed by atoms with van der Waals surface area (Å²) in [5.41, 5.74) is 10.9. The molecule has 0 unspecified atom stereocenters. The van der Waals surface area contributed by atoms with Crippen molar-refractivity contribution < 1.29 is 0 Å². The van der Waals surface area contributed by atoms with Gasteiger partial charge in [-0.25, -0.2) is 0 Å². The number of anilines is 1. The van der Waals surface area contributed by atoms with Crippen LogP contribution in [0.2, 0.25) is 0 Å². The molecule has 0 aromatic heterocycles. The minimum atomic E-state index is 0.592. The highest BCUT2D eigenvalue weighted by Gasteiger charge is 2.03. The predicted molar refractivity (Wildman–Crippen MR) is 85.7 cm³/mol. The standard InChI is InChI=1S/C17H21NS/c1-12(2)15-7-5-14(6-8-15)11-19-17-10-13(3)4-9-16(17)18/h4-10,12H,11,18H2,1-3H3. The van der Waals surface area contributed by atoms with Gasteiger partial charge in [-0.05, 0) is 41.7 Å². The maximum Gasteiger partial charge on any atom is 0.0452 e. The first-order valence-electron chi connectivity index (χ1n) is 6.64. The van der Waals surface area contributed by atoms with E-state index < -0.39 is 0 Å². The molecule has 0 aliphatic heterocycles. The molecule has 0 bridgehead atoms. The molecule has 0 heterocycles. The van der Waals surface area contributed by atoms with Crippen LogP contribution in [0.1, 0.15) is 36.5 Å². The first-order valence-corrected chi connectivity index (χ1v) is 7.62. The first-order chi connectivity index (χ1) is 9.06. The van der Waals surface area contributed by atoms with Crippen LogP contribution in [0.25, 0.3) is 0 Å². The predicted octanol–water partition coefficient (Wildman–Crippen LogP) is 4.99. The normalized spacial score (nSPS) is 10.9. The molecule has 0 amide bonds. The second kappa shape index (κ2) is 6.16. The molecule has 0 saturated carbocycles. The second-order valence-corrected chi connectivity index (χ2v) is 6.24. The molecule has 19 heavy (non-hydrogen) atoms. The van der Waals surface area contributed by atoms with Gasteiger partial charge in [0, 0.05) is 16.3 Å². The van der Waals surface area contributed by atoms with Crippen molar-refractivity contribution in [3.05, 3.63) is 59.2 Å². The van der Waals surface area contributed by atoms with E-state index in [1.165, 1.54) is 21.6 Å². The van der Waals surface area contributed by atoms with Crippen LogP contribution in [-0.2, 0) is 5.75 Å². The number of nitrogens with two attached hydrogens (primary N) is 1. The van der Waals surface area contributed by atoms with Crippen LogP contribution >= 0.6 is 11.8 Å². The van der Waals surface area contributed by atoms with Crippen LogP contribution in [0, 0.1) is 6.92 Å². The molecule has 100 valence electrons. The van der Waals surface area contributed by atoms with Crippen molar-refractivity contribution in [1.29, 1.82) is 0 Å². The molecule has 2 aromatic carbocycles. The molecule has 0 saturated heterocycles. The highest BCUT2D eigenvalue weighted by molar-refractivity contribution is 7.98. The zero-order chi connectivity index (χ0) is 13.8. The van der Waals surface area contributed by atoms with Crippen molar-refractivity contribution in [3.63, 3.8) is 0 Å². The monoisotopic (exact) mass is 271 g/mol. The molecular weight excluding hydrogens is 250 g/mol. The minimum absolute atomic E-state index is 0.592. The summed E-state index contributed by atoms with van der Waals surface area (Å²) in [5, 5.41) is 0. The van der Waals surface area contributed by atoms with Crippen molar-refractivity contribution >= 4 is 17.4 Å². The van der Waals surface area contributed by atoms with Crippen LogP contribution in [0.3, 0.4) is 0 Å². The van der Waals surface area contributed by atoms with Crippen molar-refractivity contribution in [2.24, 2.45) is 0 Å². The lowest BCUT2D eigenvalue weighted by molar-refractivity contribution is 0.866. The lowest BCUT2D eigenvalue weighted by Gasteiger charge is -2.08. The van der Waals surface area contributed by atoms with E-state index in [1.807, 2.05) is 6.07 Å². The van der Waals surface area contributed by atoms with Gasteiger partial charge in [-0.15, -0.1) is 11.8 Å². The van der Waals surface area contributed by atoms with Crippen LogP contribution in [0.15, 0.2) is 47.4 Å². The van der Waals surface area contributed by atoms with Crippen molar-refractivity contribution in [1.82, 2.24) is 0 Å². The molecule has 0 atom stereocenters. The third-order valence-electron chi connectivity index (χ3n) is 3.21. The fourth-order valence-corrected chi connectivity index (χ4v) is 2.94. The number of thioether (sulfide) groups is 1. The van der Waals surface area contributed by atoms with Gasteiger partial charge in [-0.3, -0.25) is 0 Å².